The van der Waals surface area contributed by atoms with Crippen LogP contribution in [0.3, 0.4) is 0 Å². The molecule has 1 aromatic heterocycles. The number of benzene rings is 1. The van der Waals surface area contributed by atoms with E-state index >= 15 is 0 Å². The summed E-state index contributed by atoms with van der Waals surface area (Å²) in [5, 5.41) is 11.3. The van der Waals surface area contributed by atoms with Gasteiger partial charge >= 0.3 is 0 Å². The molecule has 0 aliphatic heterocycles. The van der Waals surface area contributed by atoms with Gasteiger partial charge in [0.25, 0.3) is 0 Å². The first-order valence-corrected chi connectivity index (χ1v) is 6.76. The van der Waals surface area contributed by atoms with Gasteiger partial charge in [-0.05, 0) is 31.0 Å². The Balaban J connectivity index is 2.23. The van der Waals surface area contributed by atoms with Gasteiger partial charge < -0.3 is 5.11 Å². The van der Waals surface area contributed by atoms with E-state index in [1.54, 1.807) is 0 Å². The summed E-state index contributed by atoms with van der Waals surface area (Å²) in [7, 11) is 0. The summed E-state index contributed by atoms with van der Waals surface area (Å²) in [6.45, 7) is 4.25. The second-order valence-corrected chi connectivity index (χ2v) is 4.89. The Bertz CT molecular complexity index is 521. The van der Waals surface area contributed by atoms with Crippen LogP contribution in [0.1, 0.15) is 50.0 Å². The number of aryl methyl sites for hydroxylation is 1. The van der Waals surface area contributed by atoms with Crippen molar-refractivity contribution >= 4 is 10.9 Å². The van der Waals surface area contributed by atoms with Gasteiger partial charge in [-0.1, -0.05) is 44.4 Å². The van der Waals surface area contributed by atoms with E-state index in [0.717, 1.165) is 24.1 Å². The van der Waals surface area contributed by atoms with E-state index in [-0.39, 0.29) is 0 Å². The molecule has 1 N–H and O–H groups in total. The van der Waals surface area contributed by atoms with Crippen molar-refractivity contribution in [2.24, 2.45) is 0 Å². The number of rotatable bonds is 5. The highest BCUT2D eigenvalue weighted by molar-refractivity contribution is 5.82. The van der Waals surface area contributed by atoms with Crippen molar-refractivity contribution in [3.05, 3.63) is 41.6 Å². The minimum Gasteiger partial charge on any atom is -0.387 e. The van der Waals surface area contributed by atoms with Crippen molar-refractivity contribution in [3.63, 3.8) is 0 Å². The van der Waals surface area contributed by atoms with Gasteiger partial charge in [0.05, 0.1) is 17.3 Å². The summed E-state index contributed by atoms with van der Waals surface area (Å²) in [5.41, 5.74) is 2.97. The van der Waals surface area contributed by atoms with Gasteiger partial charge in [-0.25, -0.2) is 0 Å². The molecule has 96 valence electrons. The van der Waals surface area contributed by atoms with Crippen LogP contribution in [0.5, 0.6) is 0 Å². The fourth-order valence-corrected chi connectivity index (χ4v) is 2.28. The molecule has 0 fully saturated rings. The minimum atomic E-state index is -0.431. The van der Waals surface area contributed by atoms with E-state index < -0.39 is 6.10 Å². The lowest BCUT2D eigenvalue weighted by Crippen LogP contribution is -2.01. The highest BCUT2D eigenvalue weighted by atomic mass is 16.3. The second-order valence-electron chi connectivity index (χ2n) is 4.89. The van der Waals surface area contributed by atoms with Crippen LogP contribution >= 0.6 is 0 Å². The summed E-state index contributed by atoms with van der Waals surface area (Å²) in [6.07, 6.45) is 3.78. The SMILES string of the molecule is CCCCCC(O)c1cc(C)c2ccccc2n1. The van der Waals surface area contributed by atoms with Crippen LogP contribution in [0.2, 0.25) is 0 Å². The molecular weight excluding hydrogens is 222 g/mol. The number of pyridine rings is 1. The summed E-state index contributed by atoms with van der Waals surface area (Å²) < 4.78 is 0. The predicted octanol–water partition coefficient (Wildman–Crippen LogP) is 4.16. The fraction of sp³-hybridized carbons (Fsp3) is 0.438. The Labute approximate surface area is 109 Å². The topological polar surface area (TPSA) is 33.1 Å². The molecule has 18 heavy (non-hydrogen) atoms. The molecule has 0 saturated carbocycles. The van der Waals surface area contributed by atoms with Crippen molar-refractivity contribution in [2.45, 2.75) is 45.6 Å². The van der Waals surface area contributed by atoms with E-state index in [9.17, 15) is 5.11 Å². The van der Waals surface area contributed by atoms with Crippen molar-refractivity contribution in [1.82, 2.24) is 4.98 Å². The number of unbranched alkanes of at least 4 members (excludes halogenated alkanes) is 2. The second kappa shape index (κ2) is 5.96. The molecule has 0 amide bonds. The lowest BCUT2D eigenvalue weighted by atomic mass is 10.0. The van der Waals surface area contributed by atoms with Crippen molar-refractivity contribution < 1.29 is 5.11 Å². The third-order valence-electron chi connectivity index (χ3n) is 3.37. The average molecular weight is 243 g/mol. The Morgan fingerprint density at radius 2 is 2.00 bits per heavy atom. The number of hydrogen-bond donors (Lipinski definition) is 1. The maximum Gasteiger partial charge on any atom is 0.0960 e. The van der Waals surface area contributed by atoms with Crippen molar-refractivity contribution in [1.29, 1.82) is 0 Å². The van der Waals surface area contributed by atoms with E-state index in [0.29, 0.717) is 0 Å². The molecule has 0 saturated heterocycles. The van der Waals surface area contributed by atoms with E-state index in [1.165, 1.54) is 23.8 Å². The molecule has 2 heteroatoms. The third kappa shape index (κ3) is 2.88. The largest absolute Gasteiger partial charge is 0.387 e. The van der Waals surface area contributed by atoms with Crippen molar-refractivity contribution in [2.75, 3.05) is 0 Å². The normalized spacial score (nSPS) is 12.8. The van der Waals surface area contributed by atoms with Crippen LogP contribution in [0.4, 0.5) is 0 Å². The number of fused-ring (bicyclic) bond motifs is 1. The Kier molecular flexibility index (Phi) is 4.32. The lowest BCUT2D eigenvalue weighted by Gasteiger charge is -2.12. The number of aromatic nitrogens is 1. The van der Waals surface area contributed by atoms with Gasteiger partial charge in [-0.15, -0.1) is 0 Å². The van der Waals surface area contributed by atoms with Gasteiger partial charge in [0.15, 0.2) is 0 Å². The number of para-hydroxylation sites is 1. The molecule has 1 heterocycles. The van der Waals surface area contributed by atoms with Gasteiger partial charge in [-0.2, -0.15) is 0 Å². The maximum absolute atomic E-state index is 10.2. The minimum absolute atomic E-state index is 0.431. The molecule has 2 rings (SSSR count). The molecule has 1 atom stereocenters. The molecule has 2 nitrogen and oxygen atoms in total. The van der Waals surface area contributed by atoms with Crippen LogP contribution in [0, 0.1) is 6.92 Å². The number of hydrogen-bond acceptors (Lipinski definition) is 2. The highest BCUT2D eigenvalue weighted by Crippen LogP contribution is 2.23. The van der Waals surface area contributed by atoms with Crippen LogP contribution < -0.4 is 0 Å². The quantitative estimate of drug-likeness (QED) is 0.800. The summed E-state index contributed by atoms with van der Waals surface area (Å²) in [5.74, 6) is 0. The molecule has 0 aliphatic carbocycles. The zero-order chi connectivity index (χ0) is 13.0. The standard InChI is InChI=1S/C16H21NO/c1-3-4-5-10-16(18)15-11-12(2)13-8-6-7-9-14(13)17-15/h6-9,11,16,18H,3-5,10H2,1-2H3. The lowest BCUT2D eigenvalue weighted by molar-refractivity contribution is 0.159. The van der Waals surface area contributed by atoms with Crippen molar-refractivity contribution in [3.8, 4) is 0 Å². The smallest absolute Gasteiger partial charge is 0.0960 e. The molecule has 0 aliphatic rings. The molecule has 2 aromatic rings. The fourth-order valence-electron chi connectivity index (χ4n) is 2.28. The van der Waals surface area contributed by atoms with E-state index in [1.807, 2.05) is 24.3 Å². The molecule has 1 unspecified atom stereocenters. The zero-order valence-electron chi connectivity index (χ0n) is 11.2. The van der Waals surface area contributed by atoms with E-state index in [2.05, 4.69) is 24.9 Å². The third-order valence-corrected chi connectivity index (χ3v) is 3.37. The van der Waals surface area contributed by atoms with Gasteiger partial charge in [0.2, 0.25) is 0 Å². The zero-order valence-corrected chi connectivity index (χ0v) is 11.2. The first-order chi connectivity index (χ1) is 8.72. The Hall–Kier alpha value is -1.41. The summed E-state index contributed by atoms with van der Waals surface area (Å²) in [6, 6.07) is 10.1. The molecule has 0 bridgehead atoms. The van der Waals surface area contributed by atoms with Crippen LogP contribution in [-0.2, 0) is 0 Å². The summed E-state index contributed by atoms with van der Waals surface area (Å²) >= 11 is 0. The number of aliphatic hydroxyl groups is 1. The molecule has 0 spiro atoms. The van der Waals surface area contributed by atoms with Gasteiger partial charge in [-0.3, -0.25) is 4.98 Å². The average Bonchev–Trinajstić information content (AvgIpc) is 2.39. The molecular formula is C16H21NO. The van der Waals surface area contributed by atoms with Gasteiger partial charge in [0, 0.05) is 5.39 Å². The Morgan fingerprint density at radius 3 is 2.78 bits per heavy atom. The first-order valence-electron chi connectivity index (χ1n) is 6.76. The number of nitrogens with zero attached hydrogens (tertiary/aromatic N) is 1. The number of aliphatic hydroxyl groups excluding tert-OH is 1. The first kappa shape index (κ1) is 13.0. The van der Waals surface area contributed by atoms with Crippen LogP contribution in [-0.4, -0.2) is 10.1 Å². The van der Waals surface area contributed by atoms with Crippen LogP contribution in [0.15, 0.2) is 30.3 Å². The summed E-state index contributed by atoms with van der Waals surface area (Å²) in [4.78, 5) is 4.56. The monoisotopic (exact) mass is 243 g/mol. The molecule has 0 radical (unpaired) electrons. The maximum atomic E-state index is 10.2. The predicted molar refractivity (Wildman–Crippen MR) is 75.6 cm³/mol. The molecule has 1 aromatic carbocycles. The van der Waals surface area contributed by atoms with E-state index in [4.69, 9.17) is 0 Å². The van der Waals surface area contributed by atoms with Crippen LogP contribution in [0.25, 0.3) is 10.9 Å². The highest BCUT2D eigenvalue weighted by Gasteiger charge is 2.10. The van der Waals surface area contributed by atoms with Gasteiger partial charge in [0.1, 0.15) is 0 Å². The Morgan fingerprint density at radius 1 is 1.22 bits per heavy atom.